The van der Waals surface area contributed by atoms with E-state index in [-0.39, 0.29) is 23.6 Å². The minimum absolute atomic E-state index is 0.112. The van der Waals surface area contributed by atoms with Gasteiger partial charge in [-0.05, 0) is 83.7 Å². The molecule has 0 bridgehead atoms. The number of carbonyl (C=O) groups excluding carboxylic acids is 1. The Morgan fingerprint density at radius 3 is 2.47 bits per heavy atom. The van der Waals surface area contributed by atoms with Gasteiger partial charge in [-0.3, -0.25) is 4.79 Å². The van der Waals surface area contributed by atoms with E-state index >= 15 is 0 Å². The van der Waals surface area contributed by atoms with Crippen LogP contribution in [0, 0.1) is 6.92 Å². The smallest absolute Gasteiger partial charge is 0.300 e. The fourth-order valence-electron chi connectivity index (χ4n) is 4.99. The lowest BCUT2D eigenvalue weighted by Gasteiger charge is -2.30. The minimum atomic E-state index is -3.41. The molecular formula is C28H32F2N4O2. The molecule has 3 aromatic rings. The molecule has 1 amide bonds. The number of carbonyl (C=O) groups is 1. The Morgan fingerprint density at radius 2 is 1.83 bits per heavy atom. The second kappa shape index (κ2) is 7.93. The van der Waals surface area contributed by atoms with Crippen LogP contribution >= 0.6 is 0 Å². The maximum atomic E-state index is 14.8. The number of amides is 1. The van der Waals surface area contributed by atoms with Crippen LogP contribution in [0.2, 0.25) is 0 Å². The first-order valence-corrected chi connectivity index (χ1v) is 12.4. The number of nitrogens with zero attached hydrogens (tertiary/aromatic N) is 3. The first-order chi connectivity index (χ1) is 16.7. The number of halogens is 2. The van der Waals surface area contributed by atoms with Gasteiger partial charge in [-0.15, -0.1) is 5.10 Å². The monoisotopic (exact) mass is 494 g/mol. The van der Waals surface area contributed by atoms with Crippen molar-refractivity contribution in [2.75, 3.05) is 10.2 Å². The molecule has 1 saturated carbocycles. The van der Waals surface area contributed by atoms with E-state index in [0.717, 1.165) is 54.4 Å². The molecule has 2 aromatic carbocycles. The standard InChI is InChI=1S/C28H32F2N4O2/c1-15(17-8-7-9-18(12-17)28(29,30)27(5,6)36)31-24-21-14-23-22(13-20(21)16(2)32-33-24)26(3,4)25(35)34(23)19-10-11-19/h7-9,12-15,19,36H,10-11H2,1-6H3,(H,31,33)/t15-/m1/s1. The third kappa shape index (κ3) is 3.74. The number of hydrogen-bond acceptors (Lipinski definition) is 5. The number of aliphatic hydroxyl groups is 1. The highest BCUT2D eigenvalue weighted by Crippen LogP contribution is 2.49. The largest absolute Gasteiger partial charge is 0.384 e. The number of alkyl halides is 2. The van der Waals surface area contributed by atoms with Crippen LogP contribution < -0.4 is 10.2 Å². The molecule has 5 rings (SSSR count). The third-order valence-corrected chi connectivity index (χ3v) is 7.55. The van der Waals surface area contributed by atoms with Crippen molar-refractivity contribution in [3.8, 4) is 0 Å². The molecule has 0 radical (unpaired) electrons. The van der Waals surface area contributed by atoms with Crippen LogP contribution in [0.15, 0.2) is 36.4 Å². The van der Waals surface area contributed by atoms with Crippen LogP contribution in [0.3, 0.4) is 0 Å². The molecule has 1 aliphatic carbocycles. The number of aryl methyl sites for hydroxylation is 1. The van der Waals surface area contributed by atoms with Crippen molar-refractivity contribution >= 4 is 28.2 Å². The lowest BCUT2D eigenvalue weighted by Crippen LogP contribution is -2.40. The number of fused-ring (bicyclic) bond motifs is 2. The zero-order valence-corrected chi connectivity index (χ0v) is 21.5. The topological polar surface area (TPSA) is 78.4 Å². The Morgan fingerprint density at radius 1 is 1.14 bits per heavy atom. The van der Waals surface area contributed by atoms with Gasteiger partial charge in [-0.1, -0.05) is 18.2 Å². The van der Waals surface area contributed by atoms with Gasteiger partial charge >= 0.3 is 5.92 Å². The summed E-state index contributed by atoms with van der Waals surface area (Å²) in [6.45, 7) is 9.88. The van der Waals surface area contributed by atoms with Crippen molar-refractivity contribution in [3.63, 3.8) is 0 Å². The molecule has 0 saturated heterocycles. The van der Waals surface area contributed by atoms with Crippen molar-refractivity contribution in [2.24, 2.45) is 0 Å². The lowest BCUT2D eigenvalue weighted by atomic mass is 9.85. The average molecular weight is 495 g/mol. The molecule has 1 atom stereocenters. The average Bonchev–Trinajstić information content (AvgIpc) is 3.62. The molecule has 0 spiro atoms. The highest BCUT2D eigenvalue weighted by molar-refractivity contribution is 6.11. The van der Waals surface area contributed by atoms with Crippen molar-refractivity contribution in [3.05, 3.63) is 58.8 Å². The van der Waals surface area contributed by atoms with Crippen LogP contribution in [0.25, 0.3) is 10.8 Å². The van der Waals surface area contributed by atoms with E-state index < -0.39 is 16.9 Å². The summed E-state index contributed by atoms with van der Waals surface area (Å²) in [5.41, 5.74) is 0.225. The van der Waals surface area contributed by atoms with Gasteiger partial charge < -0.3 is 15.3 Å². The molecule has 1 aliphatic heterocycles. The summed E-state index contributed by atoms with van der Waals surface area (Å²) in [6.07, 6.45) is 2.00. The summed E-state index contributed by atoms with van der Waals surface area (Å²) < 4.78 is 29.6. The van der Waals surface area contributed by atoms with Crippen LogP contribution in [-0.2, 0) is 16.1 Å². The third-order valence-electron chi connectivity index (χ3n) is 7.55. The second-order valence-corrected chi connectivity index (χ2v) is 11.2. The molecule has 2 N–H and O–H groups in total. The summed E-state index contributed by atoms with van der Waals surface area (Å²) in [5.74, 6) is -2.77. The molecule has 190 valence electrons. The van der Waals surface area contributed by atoms with E-state index in [1.165, 1.54) is 12.1 Å². The van der Waals surface area contributed by atoms with E-state index in [0.29, 0.717) is 11.4 Å². The van der Waals surface area contributed by atoms with Crippen LogP contribution in [0.1, 0.15) is 75.9 Å². The first kappa shape index (κ1) is 24.6. The SMILES string of the molecule is Cc1nnc(N[C@H](C)c2cccc(C(F)(F)C(C)(C)O)c2)c2cc3c(cc12)C(C)(C)C(=O)N3C1CC1. The van der Waals surface area contributed by atoms with Crippen molar-refractivity contribution in [2.45, 2.75) is 83.4 Å². The summed E-state index contributed by atoms with van der Waals surface area (Å²) in [4.78, 5) is 15.2. The number of benzene rings is 2. The predicted octanol–water partition coefficient (Wildman–Crippen LogP) is 5.76. The van der Waals surface area contributed by atoms with E-state index in [1.54, 1.807) is 12.1 Å². The number of nitrogens with one attached hydrogen (secondary N) is 1. The number of rotatable bonds is 6. The van der Waals surface area contributed by atoms with Gasteiger partial charge in [0.1, 0.15) is 5.60 Å². The molecule has 8 heteroatoms. The Balaban J connectivity index is 1.55. The number of anilines is 2. The van der Waals surface area contributed by atoms with Crippen molar-refractivity contribution < 1.29 is 18.7 Å². The van der Waals surface area contributed by atoms with Crippen LogP contribution in [0.5, 0.6) is 0 Å². The normalized spacial score (nSPS) is 18.5. The molecule has 1 aromatic heterocycles. The summed E-state index contributed by atoms with van der Waals surface area (Å²) in [5, 5.41) is 23.8. The molecule has 1 fully saturated rings. The second-order valence-electron chi connectivity index (χ2n) is 11.2. The molecule has 0 unspecified atom stereocenters. The Labute approximate surface area is 209 Å². The highest BCUT2D eigenvalue weighted by atomic mass is 19.3. The minimum Gasteiger partial charge on any atom is -0.384 e. The van der Waals surface area contributed by atoms with E-state index in [4.69, 9.17) is 0 Å². The zero-order valence-electron chi connectivity index (χ0n) is 21.5. The van der Waals surface area contributed by atoms with E-state index in [2.05, 4.69) is 21.6 Å². The molecule has 2 aliphatic rings. The Bertz CT molecular complexity index is 1380. The van der Waals surface area contributed by atoms with Gasteiger partial charge in [0, 0.05) is 28.1 Å². The quantitative estimate of drug-likeness (QED) is 0.456. The van der Waals surface area contributed by atoms with Gasteiger partial charge in [0.05, 0.1) is 17.2 Å². The number of hydrogen-bond donors (Lipinski definition) is 2. The van der Waals surface area contributed by atoms with Gasteiger partial charge in [0.15, 0.2) is 5.82 Å². The summed E-state index contributed by atoms with van der Waals surface area (Å²) >= 11 is 0. The van der Waals surface area contributed by atoms with E-state index in [1.807, 2.05) is 38.7 Å². The van der Waals surface area contributed by atoms with Gasteiger partial charge in [-0.25, -0.2) is 0 Å². The highest BCUT2D eigenvalue weighted by Gasteiger charge is 2.49. The molecular weight excluding hydrogens is 462 g/mol. The maximum absolute atomic E-state index is 14.8. The zero-order chi connectivity index (χ0) is 26.2. The van der Waals surface area contributed by atoms with Crippen molar-refractivity contribution in [1.82, 2.24) is 10.2 Å². The molecule has 6 nitrogen and oxygen atoms in total. The fourth-order valence-corrected chi connectivity index (χ4v) is 4.99. The van der Waals surface area contributed by atoms with Gasteiger partial charge in [-0.2, -0.15) is 13.9 Å². The van der Waals surface area contributed by atoms with Gasteiger partial charge in [0.2, 0.25) is 5.91 Å². The lowest BCUT2D eigenvalue weighted by molar-refractivity contribution is -0.168. The molecule has 2 heterocycles. The first-order valence-electron chi connectivity index (χ1n) is 12.4. The van der Waals surface area contributed by atoms with E-state index in [9.17, 15) is 18.7 Å². The summed E-state index contributed by atoms with van der Waals surface area (Å²) in [7, 11) is 0. The van der Waals surface area contributed by atoms with Crippen LogP contribution in [0.4, 0.5) is 20.3 Å². The van der Waals surface area contributed by atoms with Crippen LogP contribution in [-0.4, -0.2) is 32.9 Å². The number of aromatic nitrogens is 2. The fraction of sp³-hybridized carbons (Fsp3) is 0.464. The summed E-state index contributed by atoms with van der Waals surface area (Å²) in [6, 6.07) is 10.0. The van der Waals surface area contributed by atoms with Crippen molar-refractivity contribution in [1.29, 1.82) is 0 Å². The molecule has 36 heavy (non-hydrogen) atoms. The predicted molar refractivity (Wildman–Crippen MR) is 136 cm³/mol. The van der Waals surface area contributed by atoms with Gasteiger partial charge in [0.25, 0.3) is 0 Å². The Hall–Kier alpha value is -3.13. The maximum Gasteiger partial charge on any atom is 0.300 e. The Kier molecular flexibility index (Phi) is 5.41.